The molecule has 0 aliphatic rings. The Morgan fingerprint density at radius 3 is 2.59 bits per heavy atom. The third-order valence-corrected chi connectivity index (χ3v) is 4.33. The van der Waals surface area contributed by atoms with Gasteiger partial charge in [0.15, 0.2) is 0 Å². The van der Waals surface area contributed by atoms with Crippen LogP contribution in [-0.4, -0.2) is 21.9 Å². The summed E-state index contributed by atoms with van der Waals surface area (Å²) >= 11 is 1.57. The maximum Gasteiger partial charge on any atom is 0.335 e. The number of rotatable bonds is 3. The van der Waals surface area contributed by atoms with Gasteiger partial charge in [0.1, 0.15) is 0 Å². The van der Waals surface area contributed by atoms with Crippen molar-refractivity contribution < 1.29 is 9.90 Å². The summed E-state index contributed by atoms with van der Waals surface area (Å²) in [6.45, 7) is 0. The van der Waals surface area contributed by atoms with E-state index in [-0.39, 0.29) is 5.56 Å². The number of thiazole rings is 1. The summed E-state index contributed by atoms with van der Waals surface area (Å²) in [5.41, 5.74) is 2.18. The van der Waals surface area contributed by atoms with Gasteiger partial charge in [0.25, 0.3) is 0 Å². The highest BCUT2D eigenvalue weighted by molar-refractivity contribution is 7.16. The van der Waals surface area contributed by atoms with Gasteiger partial charge in [-0.05, 0) is 29.8 Å². The van der Waals surface area contributed by atoms with Gasteiger partial charge in [-0.25, -0.2) is 4.79 Å². The van der Waals surface area contributed by atoms with Crippen molar-refractivity contribution in [3.63, 3.8) is 0 Å². The van der Waals surface area contributed by atoms with Crippen LogP contribution in [0.1, 0.15) is 15.9 Å². The number of hydrogen-bond donors (Lipinski definition) is 1. The van der Waals surface area contributed by atoms with Crippen LogP contribution in [0, 0.1) is 0 Å². The summed E-state index contributed by atoms with van der Waals surface area (Å²) < 4.78 is 3.15. The van der Waals surface area contributed by atoms with E-state index in [0.717, 1.165) is 20.6 Å². The highest BCUT2D eigenvalue weighted by atomic mass is 32.1. The predicted octanol–water partition coefficient (Wildman–Crippen LogP) is 2.87. The van der Waals surface area contributed by atoms with Crippen molar-refractivity contribution in [1.29, 1.82) is 0 Å². The van der Waals surface area contributed by atoms with E-state index in [9.17, 15) is 4.79 Å². The number of nitrogens with zero attached hydrogens (tertiary/aromatic N) is 3. The molecule has 0 saturated carbocycles. The molecular weight excluding hydrogens is 298 g/mol. The van der Waals surface area contributed by atoms with Gasteiger partial charge in [0.2, 0.25) is 4.80 Å². The van der Waals surface area contributed by atoms with Crippen LogP contribution in [0.4, 0.5) is 0 Å². The van der Waals surface area contributed by atoms with E-state index in [2.05, 4.69) is 10.2 Å². The van der Waals surface area contributed by atoms with Crippen molar-refractivity contribution in [2.75, 3.05) is 0 Å². The quantitative estimate of drug-likeness (QED) is 0.597. The third-order valence-electron chi connectivity index (χ3n) is 3.22. The average Bonchev–Trinajstić information content (AvgIpc) is 2.85. The lowest BCUT2D eigenvalue weighted by atomic mass is 10.1. The maximum atomic E-state index is 10.8. The topological polar surface area (TPSA) is 67.0 Å². The lowest BCUT2D eigenvalue weighted by Crippen LogP contribution is -2.08. The van der Waals surface area contributed by atoms with Crippen molar-refractivity contribution in [3.8, 4) is 0 Å². The Kier molecular flexibility index (Phi) is 3.84. The number of para-hydroxylation sites is 1. The number of fused-ring (bicyclic) bond motifs is 1. The van der Waals surface area contributed by atoms with E-state index in [1.54, 1.807) is 41.8 Å². The van der Waals surface area contributed by atoms with Crippen LogP contribution in [0.3, 0.4) is 0 Å². The number of aromatic carboxylic acids is 1. The summed E-state index contributed by atoms with van der Waals surface area (Å²) in [5, 5.41) is 17.2. The van der Waals surface area contributed by atoms with Gasteiger partial charge < -0.3 is 9.67 Å². The highest BCUT2D eigenvalue weighted by Gasteiger charge is 2.01. The molecule has 3 rings (SSSR count). The Labute approximate surface area is 130 Å². The van der Waals surface area contributed by atoms with Gasteiger partial charge in [-0.15, -0.1) is 5.10 Å². The minimum Gasteiger partial charge on any atom is -0.478 e. The summed E-state index contributed by atoms with van der Waals surface area (Å²) in [5.74, 6) is -0.939. The highest BCUT2D eigenvalue weighted by Crippen LogP contribution is 2.15. The minimum absolute atomic E-state index is 0.255. The first-order valence-corrected chi connectivity index (χ1v) is 7.42. The molecule has 3 aromatic rings. The number of carboxylic acid groups (broad SMARTS) is 1. The molecule has 0 unspecified atom stereocenters. The summed E-state index contributed by atoms with van der Waals surface area (Å²) in [6.07, 6.45) is 1.61. The summed E-state index contributed by atoms with van der Waals surface area (Å²) in [6, 6.07) is 14.6. The lowest BCUT2D eigenvalue weighted by molar-refractivity contribution is 0.0697. The van der Waals surface area contributed by atoms with Crippen LogP contribution in [-0.2, 0) is 7.05 Å². The Hall–Kier alpha value is -2.73. The number of hydrogen-bond acceptors (Lipinski definition) is 4. The fraction of sp³-hybridized carbons (Fsp3) is 0.0625. The molecule has 0 atom stereocenters. The van der Waals surface area contributed by atoms with E-state index < -0.39 is 5.97 Å². The van der Waals surface area contributed by atoms with Crippen LogP contribution in [0.15, 0.2) is 58.7 Å². The number of aryl methyl sites for hydroxylation is 1. The molecular formula is C16H13N3O2S. The lowest BCUT2D eigenvalue weighted by Gasteiger charge is -1.94. The molecule has 0 aliphatic heterocycles. The molecule has 0 amide bonds. The van der Waals surface area contributed by atoms with Crippen molar-refractivity contribution in [3.05, 3.63) is 64.5 Å². The van der Waals surface area contributed by atoms with Crippen molar-refractivity contribution in [1.82, 2.24) is 4.57 Å². The fourth-order valence-corrected chi connectivity index (χ4v) is 3.01. The zero-order valence-corrected chi connectivity index (χ0v) is 12.6. The Morgan fingerprint density at radius 1 is 1.18 bits per heavy atom. The molecule has 5 nitrogen and oxygen atoms in total. The molecule has 2 aromatic carbocycles. The van der Waals surface area contributed by atoms with E-state index >= 15 is 0 Å². The smallest absolute Gasteiger partial charge is 0.335 e. The standard InChI is InChI=1S/C16H13N3O2S/c1-19-13-4-2-3-5-14(13)22-16(19)18-17-10-11-6-8-12(9-7-11)15(20)21/h2-10H,1H3,(H,20,21)/b17-10-,18-16+. The summed E-state index contributed by atoms with van der Waals surface area (Å²) in [4.78, 5) is 11.6. The van der Waals surface area contributed by atoms with Gasteiger partial charge in [0.05, 0.1) is 22.0 Å². The summed E-state index contributed by atoms with van der Waals surface area (Å²) in [7, 11) is 1.95. The minimum atomic E-state index is -0.939. The first-order valence-electron chi connectivity index (χ1n) is 6.60. The maximum absolute atomic E-state index is 10.8. The SMILES string of the molecule is Cn1/c(=N\N=C/c2ccc(C(=O)O)cc2)sc2ccccc21. The normalized spacial score (nSPS) is 12.3. The Balaban J connectivity index is 1.88. The number of benzene rings is 2. The zero-order valence-electron chi connectivity index (χ0n) is 11.8. The van der Waals surface area contributed by atoms with E-state index in [1.165, 1.54) is 0 Å². The van der Waals surface area contributed by atoms with Gasteiger partial charge in [-0.2, -0.15) is 5.10 Å². The van der Waals surface area contributed by atoms with Crippen LogP contribution in [0.25, 0.3) is 10.2 Å². The molecule has 0 fully saturated rings. The molecule has 0 spiro atoms. The van der Waals surface area contributed by atoms with Crippen LogP contribution < -0.4 is 4.80 Å². The average molecular weight is 311 g/mol. The van der Waals surface area contributed by atoms with Crippen LogP contribution in [0.5, 0.6) is 0 Å². The Morgan fingerprint density at radius 2 is 1.91 bits per heavy atom. The molecule has 1 aromatic heterocycles. The van der Waals surface area contributed by atoms with E-state index in [1.807, 2.05) is 35.9 Å². The second kappa shape index (κ2) is 5.95. The monoisotopic (exact) mass is 311 g/mol. The molecule has 1 N–H and O–H groups in total. The molecule has 1 heterocycles. The first kappa shape index (κ1) is 14.2. The van der Waals surface area contributed by atoms with Crippen molar-refractivity contribution in [2.24, 2.45) is 17.3 Å². The second-order valence-electron chi connectivity index (χ2n) is 4.68. The van der Waals surface area contributed by atoms with Gasteiger partial charge in [-0.3, -0.25) is 0 Å². The molecule has 6 heteroatoms. The molecule has 110 valence electrons. The number of aromatic nitrogens is 1. The molecule has 0 bridgehead atoms. The number of carboxylic acids is 1. The second-order valence-corrected chi connectivity index (χ2v) is 5.69. The Bertz CT molecular complexity index is 920. The third kappa shape index (κ3) is 2.82. The van der Waals surface area contributed by atoms with Gasteiger partial charge in [0, 0.05) is 7.05 Å². The van der Waals surface area contributed by atoms with Crippen LogP contribution >= 0.6 is 11.3 Å². The van der Waals surface area contributed by atoms with Crippen molar-refractivity contribution in [2.45, 2.75) is 0 Å². The molecule has 0 radical (unpaired) electrons. The fourth-order valence-electron chi connectivity index (χ4n) is 2.03. The van der Waals surface area contributed by atoms with Crippen LogP contribution in [0.2, 0.25) is 0 Å². The van der Waals surface area contributed by atoms with E-state index in [0.29, 0.717) is 0 Å². The molecule has 0 saturated heterocycles. The largest absolute Gasteiger partial charge is 0.478 e. The zero-order chi connectivity index (χ0) is 15.5. The molecule has 22 heavy (non-hydrogen) atoms. The van der Waals surface area contributed by atoms with E-state index in [4.69, 9.17) is 5.11 Å². The first-order chi connectivity index (χ1) is 10.6. The van der Waals surface area contributed by atoms with Gasteiger partial charge >= 0.3 is 5.97 Å². The predicted molar refractivity (Wildman–Crippen MR) is 87.4 cm³/mol. The molecule has 0 aliphatic carbocycles. The van der Waals surface area contributed by atoms with Gasteiger partial charge in [-0.1, -0.05) is 35.6 Å². The number of carbonyl (C=O) groups is 1. The van der Waals surface area contributed by atoms with Crippen molar-refractivity contribution >= 4 is 33.7 Å².